The Morgan fingerprint density at radius 3 is 2.43 bits per heavy atom. The van der Waals surface area contributed by atoms with Gasteiger partial charge in [-0.05, 0) is 24.6 Å². The highest BCUT2D eigenvalue weighted by Crippen LogP contribution is 2.33. The Hall–Kier alpha value is -2.63. The summed E-state index contributed by atoms with van der Waals surface area (Å²) in [5, 5.41) is 21.5. The Bertz CT molecular complexity index is 689. The molecule has 1 atom stereocenters. The first-order valence-electron chi connectivity index (χ1n) is 6.15. The van der Waals surface area contributed by atoms with Gasteiger partial charge in [-0.2, -0.15) is 0 Å². The van der Waals surface area contributed by atoms with Crippen molar-refractivity contribution in [1.29, 1.82) is 0 Å². The van der Waals surface area contributed by atoms with E-state index in [1.54, 1.807) is 6.92 Å². The SMILES string of the molecule is CC(NC=O)c1ccc(-c2cc(F)c(O)cc2F)cc1O. The van der Waals surface area contributed by atoms with Crippen molar-refractivity contribution in [3.63, 3.8) is 0 Å². The van der Waals surface area contributed by atoms with Crippen LogP contribution in [-0.4, -0.2) is 16.6 Å². The lowest BCUT2D eigenvalue weighted by Crippen LogP contribution is -2.16. The molecule has 1 unspecified atom stereocenters. The Morgan fingerprint density at radius 2 is 1.81 bits per heavy atom. The third kappa shape index (κ3) is 2.94. The number of nitrogens with one attached hydrogen (secondary N) is 1. The zero-order valence-electron chi connectivity index (χ0n) is 11.1. The summed E-state index contributed by atoms with van der Waals surface area (Å²) in [6.07, 6.45) is 0.507. The van der Waals surface area contributed by atoms with Crippen molar-refractivity contribution in [3.8, 4) is 22.6 Å². The van der Waals surface area contributed by atoms with Gasteiger partial charge in [-0.3, -0.25) is 4.79 Å². The quantitative estimate of drug-likeness (QED) is 0.759. The van der Waals surface area contributed by atoms with Crippen LogP contribution in [-0.2, 0) is 4.79 Å². The summed E-state index contributed by atoms with van der Waals surface area (Å²) in [5.74, 6) is -2.69. The van der Waals surface area contributed by atoms with E-state index in [0.29, 0.717) is 18.0 Å². The summed E-state index contributed by atoms with van der Waals surface area (Å²) in [6.45, 7) is 1.67. The lowest BCUT2D eigenvalue weighted by atomic mass is 9.99. The van der Waals surface area contributed by atoms with Gasteiger partial charge in [-0.25, -0.2) is 8.78 Å². The number of rotatable bonds is 4. The second-order valence-corrected chi connectivity index (χ2v) is 4.56. The van der Waals surface area contributed by atoms with E-state index in [9.17, 15) is 18.7 Å². The van der Waals surface area contributed by atoms with Gasteiger partial charge in [0.2, 0.25) is 6.41 Å². The maximum atomic E-state index is 13.8. The van der Waals surface area contributed by atoms with Crippen molar-refractivity contribution in [1.82, 2.24) is 5.32 Å². The van der Waals surface area contributed by atoms with E-state index in [1.807, 2.05) is 0 Å². The first-order valence-corrected chi connectivity index (χ1v) is 6.15. The molecule has 0 aromatic heterocycles. The normalized spacial score (nSPS) is 12.0. The van der Waals surface area contributed by atoms with Crippen molar-refractivity contribution in [3.05, 3.63) is 47.5 Å². The number of amides is 1. The Balaban J connectivity index is 2.45. The van der Waals surface area contributed by atoms with Crippen LogP contribution in [0.25, 0.3) is 11.1 Å². The number of carbonyl (C=O) groups excluding carboxylic acids is 1. The highest BCUT2D eigenvalue weighted by molar-refractivity contribution is 5.68. The molecule has 21 heavy (non-hydrogen) atoms. The van der Waals surface area contributed by atoms with Crippen LogP contribution in [0.1, 0.15) is 18.5 Å². The van der Waals surface area contributed by atoms with Crippen LogP contribution in [0.5, 0.6) is 11.5 Å². The molecule has 0 heterocycles. The number of carbonyl (C=O) groups is 1. The molecular formula is C15H13F2NO3. The Kier molecular flexibility index (Phi) is 4.07. The van der Waals surface area contributed by atoms with E-state index >= 15 is 0 Å². The predicted molar refractivity (Wildman–Crippen MR) is 72.7 cm³/mol. The fourth-order valence-corrected chi connectivity index (χ4v) is 2.03. The predicted octanol–water partition coefficient (Wildman–Crippen LogP) is 2.85. The van der Waals surface area contributed by atoms with Crippen molar-refractivity contribution in [2.45, 2.75) is 13.0 Å². The highest BCUT2D eigenvalue weighted by Gasteiger charge is 2.14. The summed E-state index contributed by atoms with van der Waals surface area (Å²) in [6, 6.07) is 5.38. The van der Waals surface area contributed by atoms with Crippen LogP contribution in [0.4, 0.5) is 8.78 Å². The molecule has 2 rings (SSSR count). The van der Waals surface area contributed by atoms with Crippen molar-refractivity contribution < 1.29 is 23.8 Å². The summed E-state index contributed by atoms with van der Waals surface area (Å²) >= 11 is 0. The van der Waals surface area contributed by atoms with Gasteiger partial charge in [-0.1, -0.05) is 12.1 Å². The molecule has 2 aromatic carbocycles. The second-order valence-electron chi connectivity index (χ2n) is 4.56. The molecule has 110 valence electrons. The lowest BCUT2D eigenvalue weighted by Gasteiger charge is -2.14. The smallest absolute Gasteiger partial charge is 0.207 e. The van der Waals surface area contributed by atoms with E-state index in [4.69, 9.17) is 5.11 Å². The van der Waals surface area contributed by atoms with Crippen LogP contribution in [0.2, 0.25) is 0 Å². The third-order valence-corrected chi connectivity index (χ3v) is 3.16. The molecule has 3 N–H and O–H groups in total. The maximum absolute atomic E-state index is 13.8. The Labute approximate surface area is 119 Å². The average molecular weight is 293 g/mol. The van der Waals surface area contributed by atoms with Gasteiger partial charge in [-0.15, -0.1) is 0 Å². The molecule has 2 aromatic rings. The van der Waals surface area contributed by atoms with Gasteiger partial charge in [0.25, 0.3) is 0 Å². The molecule has 0 spiro atoms. The summed E-state index contributed by atoms with van der Waals surface area (Å²) < 4.78 is 27.1. The molecule has 6 heteroatoms. The molecule has 0 radical (unpaired) electrons. The van der Waals surface area contributed by atoms with Crippen LogP contribution in [0.3, 0.4) is 0 Å². The summed E-state index contributed by atoms with van der Waals surface area (Å²) in [4.78, 5) is 10.4. The minimum Gasteiger partial charge on any atom is -0.508 e. The molecule has 0 aliphatic heterocycles. The number of aromatic hydroxyl groups is 2. The first kappa shape index (κ1) is 14.8. The molecule has 4 nitrogen and oxygen atoms in total. The minimum absolute atomic E-state index is 0.0804. The molecule has 1 amide bonds. The van der Waals surface area contributed by atoms with Gasteiger partial charge in [0.15, 0.2) is 11.6 Å². The number of phenolic OH excluding ortho intramolecular Hbond substituents is 2. The van der Waals surface area contributed by atoms with E-state index in [0.717, 1.165) is 6.07 Å². The molecule has 0 fully saturated rings. The van der Waals surface area contributed by atoms with Crippen LogP contribution in [0.15, 0.2) is 30.3 Å². The highest BCUT2D eigenvalue weighted by atomic mass is 19.1. The number of halogens is 2. The van der Waals surface area contributed by atoms with Crippen LogP contribution >= 0.6 is 0 Å². The number of phenols is 2. The number of benzene rings is 2. The summed E-state index contributed by atoms with van der Waals surface area (Å²) in [7, 11) is 0. The van der Waals surface area contributed by atoms with E-state index in [2.05, 4.69) is 5.32 Å². The van der Waals surface area contributed by atoms with Crippen molar-refractivity contribution >= 4 is 6.41 Å². The van der Waals surface area contributed by atoms with Gasteiger partial charge in [0.1, 0.15) is 11.6 Å². The molecule has 0 saturated carbocycles. The fourth-order valence-electron chi connectivity index (χ4n) is 2.03. The third-order valence-electron chi connectivity index (χ3n) is 3.16. The van der Waals surface area contributed by atoms with Gasteiger partial charge in [0.05, 0.1) is 6.04 Å². The minimum atomic E-state index is -0.953. The maximum Gasteiger partial charge on any atom is 0.207 e. The van der Waals surface area contributed by atoms with Crippen molar-refractivity contribution in [2.24, 2.45) is 0 Å². The monoisotopic (exact) mass is 293 g/mol. The first-order chi connectivity index (χ1) is 9.93. The fraction of sp³-hybridized carbons (Fsp3) is 0.133. The van der Waals surface area contributed by atoms with Gasteiger partial charge >= 0.3 is 0 Å². The van der Waals surface area contributed by atoms with Crippen LogP contribution < -0.4 is 5.32 Å². The molecule has 0 aliphatic carbocycles. The molecule has 0 saturated heterocycles. The molecule has 0 bridgehead atoms. The van der Waals surface area contributed by atoms with E-state index < -0.39 is 23.4 Å². The zero-order chi connectivity index (χ0) is 15.6. The second kappa shape index (κ2) is 5.78. The van der Waals surface area contributed by atoms with Crippen molar-refractivity contribution in [2.75, 3.05) is 0 Å². The van der Waals surface area contributed by atoms with Crippen LogP contribution in [0, 0.1) is 11.6 Å². The molecule has 0 aliphatic rings. The van der Waals surface area contributed by atoms with Gasteiger partial charge in [0, 0.05) is 17.2 Å². The average Bonchev–Trinajstić information content (AvgIpc) is 2.43. The number of hydrogen-bond donors (Lipinski definition) is 3. The van der Waals surface area contributed by atoms with E-state index in [-0.39, 0.29) is 16.9 Å². The largest absolute Gasteiger partial charge is 0.508 e. The summed E-state index contributed by atoms with van der Waals surface area (Å²) in [5.41, 5.74) is 0.625. The number of hydrogen-bond acceptors (Lipinski definition) is 3. The van der Waals surface area contributed by atoms with E-state index in [1.165, 1.54) is 18.2 Å². The molecular weight excluding hydrogens is 280 g/mol. The topological polar surface area (TPSA) is 69.6 Å². The Morgan fingerprint density at radius 1 is 1.10 bits per heavy atom. The zero-order valence-corrected chi connectivity index (χ0v) is 11.1. The lowest BCUT2D eigenvalue weighted by molar-refractivity contribution is -0.110. The van der Waals surface area contributed by atoms with Gasteiger partial charge < -0.3 is 15.5 Å². The standard InChI is InChI=1S/C15H13F2NO3/c1-8(18-7-19)10-3-2-9(4-14(10)20)11-5-13(17)15(21)6-12(11)16/h2-8,20-21H,1H3,(H,18,19).